The number of rotatable bonds is 7. The summed E-state index contributed by atoms with van der Waals surface area (Å²) in [6.45, 7) is 13.7. The molecule has 1 rings (SSSR count). The van der Waals surface area contributed by atoms with Crippen LogP contribution in [0.15, 0.2) is 23.2 Å². The molecular weight excluding hydrogens is 328 g/mol. The lowest BCUT2D eigenvalue weighted by molar-refractivity contribution is -0.123. The molecule has 0 bridgehead atoms. The third-order valence-electron chi connectivity index (χ3n) is 3.55. The number of guanidine groups is 1. The van der Waals surface area contributed by atoms with Crippen molar-refractivity contribution in [1.29, 1.82) is 0 Å². The van der Waals surface area contributed by atoms with Crippen LogP contribution in [0.2, 0.25) is 0 Å². The lowest BCUT2D eigenvalue weighted by atomic mass is 10.1. The fraction of sp³-hybridized carbons (Fsp3) is 0.600. The molecule has 0 unspecified atom stereocenters. The van der Waals surface area contributed by atoms with Gasteiger partial charge in [-0.3, -0.25) is 9.79 Å². The van der Waals surface area contributed by atoms with Gasteiger partial charge in [-0.25, -0.2) is 0 Å². The molecule has 0 aliphatic carbocycles. The van der Waals surface area contributed by atoms with Gasteiger partial charge in [-0.05, 0) is 39.3 Å². The zero-order chi connectivity index (χ0) is 19.7. The standard InChI is InChI=1S/C20H34N4O2/c1-14(2)18(25)22-10-11-23-19(21-7)24-13-16-9-8-15(3)12-17(16)26-20(4,5)6/h8-9,12,14H,10-11,13H2,1-7H3,(H,22,25)(H2,21,23,24). The second-order valence-corrected chi connectivity index (χ2v) is 7.62. The van der Waals surface area contributed by atoms with Crippen LogP contribution in [0.25, 0.3) is 0 Å². The van der Waals surface area contributed by atoms with E-state index < -0.39 is 0 Å². The molecule has 3 N–H and O–H groups in total. The number of nitrogens with one attached hydrogen (secondary N) is 3. The van der Waals surface area contributed by atoms with Gasteiger partial charge in [-0.1, -0.05) is 26.0 Å². The van der Waals surface area contributed by atoms with E-state index in [9.17, 15) is 4.79 Å². The van der Waals surface area contributed by atoms with E-state index in [2.05, 4.69) is 46.1 Å². The quantitative estimate of drug-likeness (QED) is 0.396. The number of aryl methyl sites for hydroxylation is 1. The van der Waals surface area contributed by atoms with E-state index in [0.29, 0.717) is 25.6 Å². The minimum absolute atomic E-state index is 0.00443. The molecule has 0 aromatic heterocycles. The fourth-order valence-electron chi connectivity index (χ4n) is 2.20. The summed E-state index contributed by atoms with van der Waals surface area (Å²) in [6, 6.07) is 6.20. The lowest BCUT2D eigenvalue weighted by Gasteiger charge is -2.24. The van der Waals surface area contributed by atoms with Crippen LogP contribution in [0.3, 0.4) is 0 Å². The number of carbonyl (C=O) groups excluding carboxylic acids is 1. The molecule has 6 nitrogen and oxygen atoms in total. The number of aliphatic imine (C=N–C) groups is 1. The van der Waals surface area contributed by atoms with E-state index in [-0.39, 0.29) is 17.4 Å². The summed E-state index contributed by atoms with van der Waals surface area (Å²) >= 11 is 0. The summed E-state index contributed by atoms with van der Waals surface area (Å²) in [7, 11) is 1.73. The maximum atomic E-state index is 11.5. The van der Waals surface area contributed by atoms with Gasteiger partial charge in [0.25, 0.3) is 0 Å². The Morgan fingerprint density at radius 2 is 1.81 bits per heavy atom. The number of nitrogens with zero attached hydrogens (tertiary/aromatic N) is 1. The second kappa shape index (κ2) is 10.0. The predicted molar refractivity (Wildman–Crippen MR) is 108 cm³/mol. The molecule has 0 aliphatic heterocycles. The topological polar surface area (TPSA) is 74.8 Å². The Morgan fingerprint density at radius 3 is 2.38 bits per heavy atom. The first-order valence-corrected chi connectivity index (χ1v) is 9.13. The first kappa shape index (κ1) is 21.8. The van der Waals surface area contributed by atoms with Crippen LogP contribution in [0, 0.1) is 12.8 Å². The van der Waals surface area contributed by atoms with Crippen molar-refractivity contribution in [3.8, 4) is 5.75 Å². The summed E-state index contributed by atoms with van der Waals surface area (Å²) in [5, 5.41) is 9.36. The molecule has 1 amide bonds. The van der Waals surface area contributed by atoms with Crippen molar-refractivity contribution >= 4 is 11.9 Å². The van der Waals surface area contributed by atoms with Crippen LogP contribution in [-0.2, 0) is 11.3 Å². The number of hydrogen-bond acceptors (Lipinski definition) is 3. The highest BCUT2D eigenvalue weighted by atomic mass is 16.5. The van der Waals surface area contributed by atoms with Gasteiger partial charge >= 0.3 is 0 Å². The molecule has 0 spiro atoms. The fourth-order valence-corrected chi connectivity index (χ4v) is 2.20. The normalized spacial score (nSPS) is 12.1. The Kier molecular flexibility index (Phi) is 8.42. The van der Waals surface area contributed by atoms with Crippen molar-refractivity contribution < 1.29 is 9.53 Å². The summed E-state index contributed by atoms with van der Waals surface area (Å²) < 4.78 is 6.08. The van der Waals surface area contributed by atoms with Crippen LogP contribution in [0.4, 0.5) is 0 Å². The maximum absolute atomic E-state index is 11.5. The van der Waals surface area contributed by atoms with E-state index in [1.807, 2.05) is 34.6 Å². The van der Waals surface area contributed by atoms with E-state index in [4.69, 9.17) is 4.74 Å². The Hall–Kier alpha value is -2.24. The number of hydrogen-bond donors (Lipinski definition) is 3. The van der Waals surface area contributed by atoms with Gasteiger partial charge in [-0.2, -0.15) is 0 Å². The molecule has 1 aromatic carbocycles. The van der Waals surface area contributed by atoms with Crippen LogP contribution in [-0.4, -0.2) is 37.6 Å². The number of carbonyl (C=O) groups is 1. The minimum Gasteiger partial charge on any atom is -0.488 e. The molecule has 0 atom stereocenters. The average molecular weight is 363 g/mol. The van der Waals surface area contributed by atoms with Crippen molar-refractivity contribution in [1.82, 2.24) is 16.0 Å². The Bertz CT molecular complexity index is 619. The average Bonchev–Trinajstić information content (AvgIpc) is 2.53. The number of benzene rings is 1. The van der Waals surface area contributed by atoms with Gasteiger partial charge in [0, 0.05) is 38.2 Å². The molecule has 26 heavy (non-hydrogen) atoms. The van der Waals surface area contributed by atoms with E-state index in [0.717, 1.165) is 16.9 Å². The van der Waals surface area contributed by atoms with Gasteiger partial charge in [0.1, 0.15) is 11.4 Å². The zero-order valence-corrected chi connectivity index (χ0v) is 17.2. The van der Waals surface area contributed by atoms with Crippen LogP contribution < -0.4 is 20.7 Å². The van der Waals surface area contributed by atoms with Crippen LogP contribution >= 0.6 is 0 Å². The molecule has 1 aromatic rings. The smallest absolute Gasteiger partial charge is 0.222 e. The minimum atomic E-state index is -0.253. The van der Waals surface area contributed by atoms with Crippen molar-refractivity contribution in [2.75, 3.05) is 20.1 Å². The molecule has 0 saturated carbocycles. The molecule has 6 heteroatoms. The van der Waals surface area contributed by atoms with Crippen molar-refractivity contribution in [2.45, 2.75) is 53.7 Å². The molecule has 0 heterocycles. The van der Waals surface area contributed by atoms with Crippen LogP contribution in [0.5, 0.6) is 5.75 Å². The number of amides is 1. The van der Waals surface area contributed by atoms with Crippen molar-refractivity contribution in [3.63, 3.8) is 0 Å². The lowest BCUT2D eigenvalue weighted by Crippen LogP contribution is -2.41. The van der Waals surface area contributed by atoms with Crippen molar-refractivity contribution in [3.05, 3.63) is 29.3 Å². The molecule has 0 radical (unpaired) electrons. The van der Waals surface area contributed by atoms with Gasteiger partial charge in [0.2, 0.25) is 5.91 Å². The monoisotopic (exact) mass is 362 g/mol. The summed E-state index contributed by atoms with van der Waals surface area (Å²) in [4.78, 5) is 15.8. The molecule has 0 saturated heterocycles. The van der Waals surface area contributed by atoms with E-state index in [1.54, 1.807) is 7.05 Å². The highest BCUT2D eigenvalue weighted by molar-refractivity contribution is 5.80. The van der Waals surface area contributed by atoms with Gasteiger partial charge < -0.3 is 20.7 Å². The molecule has 0 aliphatic rings. The zero-order valence-electron chi connectivity index (χ0n) is 17.2. The van der Waals surface area contributed by atoms with Crippen molar-refractivity contribution in [2.24, 2.45) is 10.9 Å². The van der Waals surface area contributed by atoms with E-state index >= 15 is 0 Å². The predicted octanol–water partition coefficient (Wildman–Crippen LogP) is 2.61. The number of ether oxygens (including phenoxy) is 1. The van der Waals surface area contributed by atoms with E-state index in [1.165, 1.54) is 0 Å². The largest absolute Gasteiger partial charge is 0.488 e. The van der Waals surface area contributed by atoms with Gasteiger partial charge in [0.15, 0.2) is 5.96 Å². The SMILES string of the molecule is CN=C(NCCNC(=O)C(C)C)NCc1ccc(C)cc1OC(C)(C)C. The second-order valence-electron chi connectivity index (χ2n) is 7.62. The molecule has 0 fully saturated rings. The maximum Gasteiger partial charge on any atom is 0.222 e. The third-order valence-corrected chi connectivity index (χ3v) is 3.55. The summed E-state index contributed by atoms with van der Waals surface area (Å²) in [5.41, 5.74) is 1.98. The van der Waals surface area contributed by atoms with Crippen LogP contribution in [0.1, 0.15) is 45.7 Å². The Morgan fingerprint density at radius 1 is 1.15 bits per heavy atom. The molecule has 146 valence electrons. The Labute approximate surface area is 157 Å². The first-order chi connectivity index (χ1) is 12.1. The highest BCUT2D eigenvalue weighted by Gasteiger charge is 2.15. The van der Waals surface area contributed by atoms with Gasteiger partial charge in [0.05, 0.1) is 0 Å². The third kappa shape index (κ3) is 8.23. The summed E-state index contributed by atoms with van der Waals surface area (Å²) in [6.07, 6.45) is 0. The highest BCUT2D eigenvalue weighted by Crippen LogP contribution is 2.24. The molecular formula is C20H34N4O2. The first-order valence-electron chi connectivity index (χ1n) is 9.13. The Balaban J connectivity index is 2.57. The summed E-state index contributed by atoms with van der Waals surface area (Å²) in [5.74, 6) is 1.62. The van der Waals surface area contributed by atoms with Gasteiger partial charge in [-0.15, -0.1) is 0 Å².